The molecule has 0 amide bonds. The van der Waals surface area contributed by atoms with Crippen LogP contribution in [0.15, 0.2) is 205 Å². The zero-order valence-electron chi connectivity index (χ0n) is 32.8. The number of anilines is 3. The van der Waals surface area contributed by atoms with E-state index >= 15 is 0 Å². The number of hydrogen-bond donors (Lipinski definition) is 0. The van der Waals surface area contributed by atoms with Crippen LogP contribution in [-0.4, -0.2) is 0 Å². The maximum atomic E-state index is 6.86. The maximum absolute atomic E-state index is 6.86. The fourth-order valence-corrected chi connectivity index (χ4v) is 8.80. The van der Waals surface area contributed by atoms with Crippen molar-refractivity contribution in [3.05, 3.63) is 211 Å². The van der Waals surface area contributed by atoms with Gasteiger partial charge in [-0.25, -0.2) is 0 Å². The van der Waals surface area contributed by atoms with Gasteiger partial charge < -0.3 is 9.32 Å². The number of benzene rings is 9. The minimum Gasteiger partial charge on any atom is -0.455 e. The van der Waals surface area contributed by atoms with Gasteiger partial charge in [-0.1, -0.05) is 184 Å². The standard InChI is InChI=1S/C56H43NO/c1-3-38-17-11-12-22-47(38)48-36-35-46(37-39(48)4-2)57(45-33-31-43(32-34-45)42-29-27-41(28-30-42)40-18-7-5-8-19-40)55-53(44-20-9-6-10-21-44)49-23-13-14-24-50(49)56-54(55)51-25-15-16-26-52(51)58-56/h5-37H,3-4H2,1-2H3. The van der Waals surface area contributed by atoms with Crippen molar-refractivity contribution in [2.45, 2.75) is 26.7 Å². The lowest BCUT2D eigenvalue weighted by Gasteiger charge is -2.30. The van der Waals surface area contributed by atoms with Crippen LogP contribution >= 0.6 is 0 Å². The first-order chi connectivity index (χ1) is 28.7. The quantitative estimate of drug-likeness (QED) is 0.146. The molecule has 0 fully saturated rings. The van der Waals surface area contributed by atoms with Gasteiger partial charge in [-0.05, 0) is 98.6 Å². The lowest BCUT2D eigenvalue weighted by atomic mass is 9.90. The highest BCUT2D eigenvalue weighted by Crippen LogP contribution is 2.52. The van der Waals surface area contributed by atoms with E-state index in [0.29, 0.717) is 0 Å². The zero-order chi connectivity index (χ0) is 39.0. The number of rotatable bonds is 9. The molecule has 1 heterocycles. The summed E-state index contributed by atoms with van der Waals surface area (Å²) in [6.45, 7) is 4.51. The Balaban J connectivity index is 1.24. The molecule has 10 aromatic rings. The minimum atomic E-state index is 0.879. The molecule has 2 nitrogen and oxygen atoms in total. The Morgan fingerprint density at radius 1 is 0.397 bits per heavy atom. The largest absolute Gasteiger partial charge is 0.455 e. The van der Waals surface area contributed by atoms with Crippen LogP contribution in [0.25, 0.3) is 77.2 Å². The van der Waals surface area contributed by atoms with Crippen molar-refractivity contribution < 1.29 is 4.42 Å². The Morgan fingerprint density at radius 3 is 1.57 bits per heavy atom. The molecule has 278 valence electrons. The lowest BCUT2D eigenvalue weighted by molar-refractivity contribution is 0.672. The molecule has 2 heteroatoms. The van der Waals surface area contributed by atoms with Crippen molar-refractivity contribution >= 4 is 49.8 Å². The zero-order valence-corrected chi connectivity index (χ0v) is 32.8. The first kappa shape index (κ1) is 35.3. The summed E-state index contributed by atoms with van der Waals surface area (Å²) >= 11 is 0. The minimum absolute atomic E-state index is 0.879. The van der Waals surface area contributed by atoms with Crippen LogP contribution in [0.2, 0.25) is 0 Å². The molecule has 0 saturated carbocycles. The summed E-state index contributed by atoms with van der Waals surface area (Å²) < 4.78 is 6.86. The summed E-state index contributed by atoms with van der Waals surface area (Å²) in [5.74, 6) is 0. The third kappa shape index (κ3) is 6.15. The van der Waals surface area contributed by atoms with Crippen LogP contribution < -0.4 is 4.90 Å². The van der Waals surface area contributed by atoms with Gasteiger partial charge >= 0.3 is 0 Å². The van der Waals surface area contributed by atoms with Gasteiger partial charge in [0.05, 0.1) is 11.1 Å². The second-order valence-electron chi connectivity index (χ2n) is 15.0. The molecule has 10 rings (SSSR count). The third-order valence-corrected chi connectivity index (χ3v) is 11.7. The molecular formula is C56H43NO. The molecule has 1 aromatic heterocycles. The number of hydrogen-bond acceptors (Lipinski definition) is 2. The first-order valence-corrected chi connectivity index (χ1v) is 20.4. The molecule has 0 spiro atoms. The van der Waals surface area contributed by atoms with E-state index in [9.17, 15) is 0 Å². The van der Waals surface area contributed by atoms with Gasteiger partial charge in [0.2, 0.25) is 0 Å². The van der Waals surface area contributed by atoms with Gasteiger partial charge in [-0.2, -0.15) is 0 Å². The maximum Gasteiger partial charge on any atom is 0.145 e. The summed E-state index contributed by atoms with van der Waals surface area (Å²) in [6.07, 6.45) is 1.89. The van der Waals surface area contributed by atoms with E-state index in [2.05, 4.69) is 219 Å². The van der Waals surface area contributed by atoms with Gasteiger partial charge in [-0.15, -0.1) is 0 Å². The summed E-state index contributed by atoms with van der Waals surface area (Å²) in [5, 5.41) is 4.46. The summed E-state index contributed by atoms with van der Waals surface area (Å²) in [5.41, 5.74) is 17.5. The molecule has 0 saturated heterocycles. The molecular weight excluding hydrogens is 703 g/mol. The van der Waals surface area contributed by atoms with E-state index in [0.717, 1.165) is 68.2 Å². The molecule has 0 N–H and O–H groups in total. The van der Waals surface area contributed by atoms with Gasteiger partial charge in [-0.3, -0.25) is 0 Å². The fourth-order valence-electron chi connectivity index (χ4n) is 8.80. The van der Waals surface area contributed by atoms with Crippen LogP contribution in [-0.2, 0) is 12.8 Å². The van der Waals surface area contributed by atoms with E-state index in [4.69, 9.17) is 4.42 Å². The van der Waals surface area contributed by atoms with Crippen LogP contribution in [0.3, 0.4) is 0 Å². The van der Waals surface area contributed by atoms with Gasteiger partial charge in [0.1, 0.15) is 11.2 Å². The first-order valence-electron chi connectivity index (χ1n) is 20.4. The lowest BCUT2D eigenvalue weighted by Crippen LogP contribution is -2.13. The van der Waals surface area contributed by atoms with E-state index in [1.165, 1.54) is 50.1 Å². The highest BCUT2D eigenvalue weighted by molar-refractivity contribution is 6.27. The Morgan fingerprint density at radius 2 is 0.897 bits per heavy atom. The molecule has 0 aliphatic carbocycles. The van der Waals surface area contributed by atoms with E-state index in [1.807, 2.05) is 0 Å². The summed E-state index contributed by atoms with van der Waals surface area (Å²) in [4.78, 5) is 2.48. The van der Waals surface area contributed by atoms with Crippen molar-refractivity contribution in [2.24, 2.45) is 0 Å². The second-order valence-corrected chi connectivity index (χ2v) is 15.0. The van der Waals surface area contributed by atoms with E-state index in [1.54, 1.807) is 0 Å². The SMILES string of the molecule is CCc1ccccc1-c1ccc(N(c2ccc(-c3ccc(-c4ccccc4)cc3)cc2)c2c(-c3ccccc3)c3ccccc3c3oc4ccccc4c23)cc1CC. The number of furan rings is 1. The monoisotopic (exact) mass is 745 g/mol. The Bertz CT molecular complexity index is 3050. The van der Waals surface area contributed by atoms with Gasteiger partial charge in [0.25, 0.3) is 0 Å². The highest BCUT2D eigenvalue weighted by atomic mass is 16.3. The number of para-hydroxylation sites is 1. The van der Waals surface area contributed by atoms with Gasteiger partial charge in [0, 0.05) is 27.7 Å². The van der Waals surface area contributed by atoms with E-state index < -0.39 is 0 Å². The topological polar surface area (TPSA) is 16.4 Å². The third-order valence-electron chi connectivity index (χ3n) is 11.7. The molecule has 0 unspecified atom stereocenters. The second kappa shape index (κ2) is 15.1. The smallest absolute Gasteiger partial charge is 0.145 e. The normalized spacial score (nSPS) is 11.4. The summed E-state index contributed by atoms with van der Waals surface area (Å²) in [6, 6.07) is 72.5. The molecule has 58 heavy (non-hydrogen) atoms. The number of fused-ring (bicyclic) bond motifs is 5. The Kier molecular flexibility index (Phi) is 9.16. The van der Waals surface area contributed by atoms with Crippen molar-refractivity contribution in [3.63, 3.8) is 0 Å². The van der Waals surface area contributed by atoms with E-state index in [-0.39, 0.29) is 0 Å². The van der Waals surface area contributed by atoms with Crippen LogP contribution in [0, 0.1) is 0 Å². The average Bonchev–Trinajstić information content (AvgIpc) is 3.70. The average molecular weight is 746 g/mol. The molecule has 0 aliphatic heterocycles. The van der Waals surface area contributed by atoms with Crippen molar-refractivity contribution in [1.82, 2.24) is 0 Å². The predicted molar refractivity (Wildman–Crippen MR) is 246 cm³/mol. The molecule has 0 bridgehead atoms. The van der Waals surface area contributed by atoms with Crippen molar-refractivity contribution in [1.29, 1.82) is 0 Å². The predicted octanol–water partition coefficient (Wildman–Crippen LogP) is 16.0. The number of aryl methyl sites for hydroxylation is 2. The fraction of sp³-hybridized carbons (Fsp3) is 0.0714. The molecule has 0 aliphatic rings. The van der Waals surface area contributed by atoms with Crippen molar-refractivity contribution in [3.8, 4) is 44.5 Å². The molecule has 0 radical (unpaired) electrons. The van der Waals surface area contributed by atoms with Crippen molar-refractivity contribution in [2.75, 3.05) is 4.90 Å². The van der Waals surface area contributed by atoms with Gasteiger partial charge in [0.15, 0.2) is 0 Å². The molecule has 9 aromatic carbocycles. The number of nitrogens with zero attached hydrogens (tertiary/aromatic N) is 1. The summed E-state index contributed by atoms with van der Waals surface area (Å²) in [7, 11) is 0. The Labute approximate surface area is 340 Å². The Hall–Kier alpha value is -7.16. The van der Waals surface area contributed by atoms with Crippen LogP contribution in [0.4, 0.5) is 17.1 Å². The highest BCUT2D eigenvalue weighted by Gasteiger charge is 2.27. The van der Waals surface area contributed by atoms with Crippen LogP contribution in [0.5, 0.6) is 0 Å². The molecule has 0 atom stereocenters. The van der Waals surface area contributed by atoms with Crippen LogP contribution in [0.1, 0.15) is 25.0 Å².